The molecule has 0 unspecified atom stereocenters. The van der Waals surface area contributed by atoms with Crippen LogP contribution in [0.3, 0.4) is 0 Å². The molecule has 0 bridgehead atoms. The topological polar surface area (TPSA) is 91.4 Å². The number of morpholine rings is 1. The van der Waals surface area contributed by atoms with E-state index in [4.69, 9.17) is 4.74 Å². The quantitative estimate of drug-likeness (QED) is 0.548. The molecule has 32 heavy (non-hydrogen) atoms. The monoisotopic (exact) mass is 440 g/mol. The van der Waals surface area contributed by atoms with Crippen LogP contribution < -0.4 is 20.9 Å². The van der Waals surface area contributed by atoms with Gasteiger partial charge in [-0.3, -0.25) is 0 Å². The van der Waals surface area contributed by atoms with Crippen LogP contribution in [-0.4, -0.2) is 42.3 Å². The van der Waals surface area contributed by atoms with Crippen molar-refractivity contribution >= 4 is 34.7 Å². The lowest BCUT2D eigenvalue weighted by molar-refractivity contribution is 0.122. The lowest BCUT2D eigenvalue weighted by Gasteiger charge is -2.28. The Morgan fingerprint density at radius 2 is 1.53 bits per heavy atom. The summed E-state index contributed by atoms with van der Waals surface area (Å²) in [5, 5.41) is 8.25. The van der Waals surface area contributed by atoms with E-state index < -0.39 is 17.7 Å². The second-order valence-electron chi connectivity index (χ2n) is 7.20. The van der Waals surface area contributed by atoms with Gasteiger partial charge in [0.05, 0.1) is 13.2 Å². The van der Waals surface area contributed by atoms with Crippen LogP contribution >= 0.6 is 0 Å². The number of nitrogens with one attached hydrogen (secondary N) is 3. The van der Waals surface area contributed by atoms with Gasteiger partial charge in [0.2, 0.25) is 0 Å². The summed E-state index contributed by atoms with van der Waals surface area (Å²) >= 11 is 0. The van der Waals surface area contributed by atoms with Crippen LogP contribution in [0.4, 0.5) is 42.3 Å². The minimum absolute atomic E-state index is 0.0218. The molecule has 1 aliphatic rings. The maximum atomic E-state index is 13.2. The Kier molecular flexibility index (Phi) is 6.41. The van der Waals surface area contributed by atoms with E-state index in [-0.39, 0.29) is 5.69 Å². The predicted octanol–water partition coefficient (Wildman–Crippen LogP) is 4.29. The van der Waals surface area contributed by atoms with Gasteiger partial charge in [-0.1, -0.05) is 0 Å². The van der Waals surface area contributed by atoms with E-state index in [0.717, 1.165) is 42.8 Å². The largest absolute Gasteiger partial charge is 0.378 e. The third-order valence-corrected chi connectivity index (χ3v) is 4.70. The fourth-order valence-corrected chi connectivity index (χ4v) is 3.27. The first-order chi connectivity index (χ1) is 15.4. The molecule has 2 aromatic carbocycles. The maximum absolute atomic E-state index is 13.2. The molecule has 3 aromatic rings. The van der Waals surface area contributed by atoms with Crippen LogP contribution in [0.5, 0.6) is 0 Å². The number of rotatable bonds is 5. The van der Waals surface area contributed by atoms with E-state index in [1.54, 1.807) is 24.3 Å². The van der Waals surface area contributed by atoms with Gasteiger partial charge < -0.3 is 25.6 Å². The van der Waals surface area contributed by atoms with Crippen LogP contribution in [0.1, 0.15) is 5.82 Å². The summed E-state index contributed by atoms with van der Waals surface area (Å²) < 4.78 is 31.9. The molecular formula is C22H22F2N6O2. The molecule has 8 nitrogen and oxygen atoms in total. The maximum Gasteiger partial charge on any atom is 0.323 e. The molecule has 0 radical (unpaired) electrons. The molecule has 0 atom stereocenters. The summed E-state index contributed by atoms with van der Waals surface area (Å²) in [7, 11) is 0. The Bertz CT molecular complexity index is 1080. The van der Waals surface area contributed by atoms with Crippen molar-refractivity contribution in [3.8, 4) is 0 Å². The van der Waals surface area contributed by atoms with Crippen molar-refractivity contribution in [1.29, 1.82) is 0 Å². The second kappa shape index (κ2) is 9.56. The molecule has 10 heteroatoms. The first-order valence-corrected chi connectivity index (χ1v) is 10.0. The Morgan fingerprint density at radius 3 is 2.22 bits per heavy atom. The third-order valence-electron chi connectivity index (χ3n) is 4.70. The number of amides is 2. The summed E-state index contributed by atoms with van der Waals surface area (Å²) in [6, 6.07) is 11.0. The van der Waals surface area contributed by atoms with Gasteiger partial charge in [-0.2, -0.15) is 0 Å². The molecule has 166 valence electrons. The van der Waals surface area contributed by atoms with E-state index in [1.165, 1.54) is 0 Å². The standard InChI is InChI=1S/C22H22F2N6O2/c1-14-25-20(13-21(26-14)30-6-8-32-9-7-30)27-17-2-4-18(5-3-17)28-22(31)29-19-11-15(23)10-16(24)12-19/h2-5,10-13H,6-9H2,1H3,(H,25,26,27)(H2,28,29,31). The van der Waals surface area contributed by atoms with Crippen LogP contribution in [0, 0.1) is 18.6 Å². The zero-order valence-corrected chi connectivity index (χ0v) is 17.4. The Balaban J connectivity index is 1.38. The number of hydrogen-bond donors (Lipinski definition) is 3. The van der Waals surface area contributed by atoms with Gasteiger partial charge in [-0.25, -0.2) is 23.5 Å². The summed E-state index contributed by atoms with van der Waals surface area (Å²) in [6.07, 6.45) is 0. The van der Waals surface area contributed by atoms with Crippen LogP contribution in [0.15, 0.2) is 48.5 Å². The summed E-state index contributed by atoms with van der Waals surface area (Å²) in [4.78, 5) is 23.2. The van der Waals surface area contributed by atoms with Crippen molar-refractivity contribution in [2.45, 2.75) is 6.92 Å². The molecule has 1 saturated heterocycles. The van der Waals surface area contributed by atoms with E-state index in [1.807, 2.05) is 13.0 Å². The first kappa shape index (κ1) is 21.4. The van der Waals surface area contributed by atoms with Gasteiger partial charge in [0.15, 0.2) is 0 Å². The molecule has 2 amide bonds. The highest BCUT2D eigenvalue weighted by Crippen LogP contribution is 2.22. The molecule has 1 aromatic heterocycles. The number of nitrogens with zero attached hydrogens (tertiary/aromatic N) is 3. The lowest BCUT2D eigenvalue weighted by Crippen LogP contribution is -2.36. The number of halogens is 2. The number of carbonyl (C=O) groups excluding carboxylic acids is 1. The summed E-state index contributed by atoms with van der Waals surface area (Å²) in [6.45, 7) is 4.73. The SMILES string of the molecule is Cc1nc(Nc2ccc(NC(=O)Nc3cc(F)cc(F)c3)cc2)cc(N2CCOCC2)n1. The normalized spacial score (nSPS) is 13.5. The van der Waals surface area contributed by atoms with Crippen LogP contribution in [0.25, 0.3) is 0 Å². The van der Waals surface area contributed by atoms with Crippen molar-refractivity contribution in [1.82, 2.24) is 9.97 Å². The van der Waals surface area contributed by atoms with E-state index in [2.05, 4.69) is 30.8 Å². The van der Waals surface area contributed by atoms with Gasteiger partial charge >= 0.3 is 6.03 Å². The van der Waals surface area contributed by atoms with Gasteiger partial charge in [0, 0.05) is 42.3 Å². The minimum Gasteiger partial charge on any atom is -0.378 e. The predicted molar refractivity (Wildman–Crippen MR) is 119 cm³/mol. The van der Waals surface area contributed by atoms with Crippen molar-refractivity contribution in [2.75, 3.05) is 47.2 Å². The average Bonchev–Trinajstić information content (AvgIpc) is 2.74. The third kappa shape index (κ3) is 5.67. The Hall–Kier alpha value is -3.79. The first-order valence-electron chi connectivity index (χ1n) is 10.0. The van der Waals surface area contributed by atoms with E-state index in [0.29, 0.717) is 30.5 Å². The van der Waals surface area contributed by atoms with Crippen molar-refractivity contribution in [3.63, 3.8) is 0 Å². The highest BCUT2D eigenvalue weighted by Gasteiger charge is 2.14. The number of aromatic nitrogens is 2. The number of ether oxygens (including phenoxy) is 1. The fourth-order valence-electron chi connectivity index (χ4n) is 3.27. The van der Waals surface area contributed by atoms with Crippen molar-refractivity contribution < 1.29 is 18.3 Å². The Labute approximate surface area is 183 Å². The van der Waals surface area contributed by atoms with Crippen molar-refractivity contribution in [2.24, 2.45) is 0 Å². The number of benzene rings is 2. The van der Waals surface area contributed by atoms with Crippen LogP contribution in [-0.2, 0) is 4.74 Å². The number of anilines is 5. The molecule has 0 aliphatic carbocycles. The van der Waals surface area contributed by atoms with Crippen LogP contribution in [0.2, 0.25) is 0 Å². The van der Waals surface area contributed by atoms with E-state index >= 15 is 0 Å². The highest BCUT2D eigenvalue weighted by molar-refractivity contribution is 5.99. The molecule has 1 aliphatic heterocycles. The highest BCUT2D eigenvalue weighted by atomic mass is 19.1. The number of hydrogen-bond acceptors (Lipinski definition) is 6. The Morgan fingerprint density at radius 1 is 0.906 bits per heavy atom. The molecular weight excluding hydrogens is 418 g/mol. The van der Waals surface area contributed by atoms with Gasteiger partial charge in [0.25, 0.3) is 0 Å². The minimum atomic E-state index is -0.771. The molecule has 3 N–H and O–H groups in total. The summed E-state index contributed by atoms with van der Waals surface area (Å²) in [5.41, 5.74) is 1.31. The molecule has 2 heterocycles. The van der Waals surface area contributed by atoms with Gasteiger partial charge in [-0.15, -0.1) is 0 Å². The number of urea groups is 1. The van der Waals surface area contributed by atoms with E-state index in [9.17, 15) is 13.6 Å². The zero-order valence-electron chi connectivity index (χ0n) is 17.4. The molecule has 0 saturated carbocycles. The molecule has 4 rings (SSSR count). The molecule has 1 fully saturated rings. The van der Waals surface area contributed by atoms with Gasteiger partial charge in [-0.05, 0) is 43.3 Å². The average molecular weight is 440 g/mol. The smallest absolute Gasteiger partial charge is 0.323 e. The van der Waals surface area contributed by atoms with Gasteiger partial charge in [0.1, 0.15) is 29.1 Å². The second-order valence-corrected chi connectivity index (χ2v) is 7.20. The number of carbonyl (C=O) groups is 1. The fraction of sp³-hybridized carbons (Fsp3) is 0.227. The number of aryl methyl sites for hydroxylation is 1. The summed E-state index contributed by atoms with van der Waals surface area (Å²) in [5.74, 6) is 0.609. The molecule has 0 spiro atoms. The zero-order chi connectivity index (χ0) is 22.5. The lowest BCUT2D eigenvalue weighted by atomic mass is 10.2. The van der Waals surface area contributed by atoms with Crippen molar-refractivity contribution in [3.05, 3.63) is 66.0 Å².